The molecule has 0 aromatic carbocycles. The van der Waals surface area contributed by atoms with Crippen LogP contribution in [0.25, 0.3) is 0 Å². The number of hydrogen-bond donors (Lipinski definition) is 2. The second kappa shape index (κ2) is 5.99. The van der Waals surface area contributed by atoms with Crippen LogP contribution in [0.5, 0.6) is 0 Å². The third-order valence-electron chi connectivity index (χ3n) is 2.64. The number of urea groups is 1. The maximum Gasteiger partial charge on any atom is 0.320 e. The fourth-order valence-electron chi connectivity index (χ4n) is 1.72. The third kappa shape index (κ3) is 3.80. The van der Waals surface area contributed by atoms with Gasteiger partial charge in [0.1, 0.15) is 5.82 Å². The zero-order chi connectivity index (χ0) is 13.7. The first-order valence-corrected chi connectivity index (χ1v) is 6.11. The van der Waals surface area contributed by atoms with E-state index >= 15 is 0 Å². The molecule has 0 aliphatic heterocycles. The van der Waals surface area contributed by atoms with Gasteiger partial charge in [-0.1, -0.05) is 6.07 Å². The predicted molar refractivity (Wildman–Crippen MR) is 72.8 cm³/mol. The summed E-state index contributed by atoms with van der Waals surface area (Å²) in [5.41, 5.74) is 0.928. The van der Waals surface area contributed by atoms with Gasteiger partial charge >= 0.3 is 6.03 Å². The topological polar surface area (TPSA) is 71.8 Å². The first-order valence-electron chi connectivity index (χ1n) is 6.11. The Morgan fingerprint density at radius 1 is 1.42 bits per heavy atom. The van der Waals surface area contributed by atoms with Crippen molar-refractivity contribution in [3.05, 3.63) is 42.4 Å². The van der Waals surface area contributed by atoms with Crippen molar-refractivity contribution < 1.29 is 4.79 Å². The molecule has 2 rings (SSSR count). The van der Waals surface area contributed by atoms with E-state index in [1.807, 2.05) is 38.2 Å². The molecular weight excluding hydrogens is 242 g/mol. The lowest BCUT2D eigenvalue weighted by Crippen LogP contribution is -2.39. The molecule has 2 aromatic rings. The van der Waals surface area contributed by atoms with Gasteiger partial charge in [0.05, 0.1) is 6.54 Å². The molecular formula is C13H17N5O. The molecule has 2 aromatic heterocycles. The SMILES string of the molecule is Cc1cccnc1NC(=O)NC(C)Cn1cccn1. The number of amides is 2. The molecule has 0 aliphatic carbocycles. The number of carbonyl (C=O) groups is 1. The van der Waals surface area contributed by atoms with Crippen molar-refractivity contribution in [1.29, 1.82) is 0 Å². The zero-order valence-electron chi connectivity index (χ0n) is 11.0. The van der Waals surface area contributed by atoms with Crippen molar-refractivity contribution in [2.75, 3.05) is 5.32 Å². The summed E-state index contributed by atoms with van der Waals surface area (Å²) in [6.45, 7) is 4.45. The smallest absolute Gasteiger partial charge is 0.320 e. The van der Waals surface area contributed by atoms with E-state index in [2.05, 4.69) is 20.7 Å². The summed E-state index contributed by atoms with van der Waals surface area (Å²) in [4.78, 5) is 15.9. The van der Waals surface area contributed by atoms with Crippen molar-refractivity contribution >= 4 is 11.8 Å². The van der Waals surface area contributed by atoms with E-state index in [1.54, 1.807) is 17.1 Å². The summed E-state index contributed by atoms with van der Waals surface area (Å²) in [5.74, 6) is 0.575. The number of aromatic nitrogens is 3. The standard InChI is InChI=1S/C13H17N5O/c1-10-5-3-6-14-12(10)17-13(19)16-11(2)9-18-8-4-7-15-18/h3-8,11H,9H2,1-2H3,(H2,14,16,17,19). The van der Waals surface area contributed by atoms with Crippen molar-refractivity contribution in [3.8, 4) is 0 Å². The fraction of sp³-hybridized carbons (Fsp3) is 0.308. The van der Waals surface area contributed by atoms with Gasteiger partial charge in [0.2, 0.25) is 0 Å². The summed E-state index contributed by atoms with van der Waals surface area (Å²) in [7, 11) is 0. The molecule has 0 bridgehead atoms. The normalized spacial score (nSPS) is 11.9. The molecule has 0 spiro atoms. The van der Waals surface area contributed by atoms with Gasteiger partial charge < -0.3 is 5.32 Å². The van der Waals surface area contributed by atoms with Crippen LogP contribution in [-0.4, -0.2) is 26.8 Å². The Kier molecular flexibility index (Phi) is 4.12. The van der Waals surface area contributed by atoms with Crippen LogP contribution in [0.15, 0.2) is 36.8 Å². The Morgan fingerprint density at radius 2 is 2.26 bits per heavy atom. The Hall–Kier alpha value is -2.37. The minimum absolute atomic E-state index is 0.0241. The van der Waals surface area contributed by atoms with Gasteiger partial charge in [0.15, 0.2) is 0 Å². The van der Waals surface area contributed by atoms with Gasteiger partial charge in [-0.3, -0.25) is 10.00 Å². The molecule has 0 fully saturated rings. The molecule has 1 atom stereocenters. The number of anilines is 1. The van der Waals surface area contributed by atoms with Crippen LogP contribution in [0.3, 0.4) is 0 Å². The molecule has 19 heavy (non-hydrogen) atoms. The number of pyridine rings is 1. The zero-order valence-corrected chi connectivity index (χ0v) is 11.0. The maximum absolute atomic E-state index is 11.8. The number of carbonyl (C=O) groups excluding carboxylic acids is 1. The third-order valence-corrected chi connectivity index (χ3v) is 2.64. The lowest BCUT2D eigenvalue weighted by Gasteiger charge is -2.15. The van der Waals surface area contributed by atoms with Crippen molar-refractivity contribution in [2.24, 2.45) is 0 Å². The molecule has 2 amide bonds. The van der Waals surface area contributed by atoms with Gasteiger partial charge in [-0.15, -0.1) is 0 Å². The van der Waals surface area contributed by atoms with E-state index in [0.717, 1.165) is 5.56 Å². The van der Waals surface area contributed by atoms with Crippen LogP contribution in [0, 0.1) is 6.92 Å². The van der Waals surface area contributed by atoms with E-state index < -0.39 is 0 Å². The number of nitrogens with one attached hydrogen (secondary N) is 2. The Morgan fingerprint density at radius 3 is 2.95 bits per heavy atom. The van der Waals surface area contributed by atoms with E-state index in [-0.39, 0.29) is 12.1 Å². The second-order valence-corrected chi connectivity index (χ2v) is 4.40. The van der Waals surface area contributed by atoms with E-state index in [9.17, 15) is 4.79 Å². The predicted octanol–water partition coefficient (Wildman–Crippen LogP) is 1.80. The first kappa shape index (κ1) is 13.1. The molecule has 2 heterocycles. The lowest BCUT2D eigenvalue weighted by molar-refractivity contribution is 0.247. The molecule has 6 heteroatoms. The second-order valence-electron chi connectivity index (χ2n) is 4.40. The van der Waals surface area contributed by atoms with Crippen LogP contribution < -0.4 is 10.6 Å². The average Bonchev–Trinajstić information content (AvgIpc) is 2.84. The summed E-state index contributed by atoms with van der Waals surface area (Å²) in [5, 5.41) is 9.67. The summed E-state index contributed by atoms with van der Waals surface area (Å²) in [6.07, 6.45) is 5.22. The number of nitrogens with zero attached hydrogens (tertiary/aromatic N) is 3. The van der Waals surface area contributed by atoms with Gasteiger partial charge in [-0.25, -0.2) is 9.78 Å². The van der Waals surface area contributed by atoms with Crippen LogP contribution in [-0.2, 0) is 6.54 Å². The van der Waals surface area contributed by atoms with Crippen molar-refractivity contribution in [1.82, 2.24) is 20.1 Å². The molecule has 0 aliphatic rings. The number of aryl methyl sites for hydroxylation is 1. The van der Waals surface area contributed by atoms with E-state index in [1.165, 1.54) is 0 Å². The van der Waals surface area contributed by atoms with Crippen molar-refractivity contribution in [2.45, 2.75) is 26.4 Å². The minimum Gasteiger partial charge on any atom is -0.334 e. The fourth-order valence-corrected chi connectivity index (χ4v) is 1.72. The Bertz CT molecular complexity index is 538. The average molecular weight is 259 g/mol. The monoisotopic (exact) mass is 259 g/mol. The summed E-state index contributed by atoms with van der Waals surface area (Å²) in [6, 6.07) is 5.30. The van der Waals surface area contributed by atoms with Crippen LogP contribution >= 0.6 is 0 Å². The number of rotatable bonds is 4. The largest absolute Gasteiger partial charge is 0.334 e. The highest BCUT2D eigenvalue weighted by Gasteiger charge is 2.09. The van der Waals surface area contributed by atoms with Gasteiger partial charge in [-0.05, 0) is 31.5 Å². The minimum atomic E-state index is -0.263. The highest BCUT2D eigenvalue weighted by Crippen LogP contribution is 2.08. The molecule has 0 saturated heterocycles. The van der Waals surface area contributed by atoms with E-state index in [4.69, 9.17) is 0 Å². The quantitative estimate of drug-likeness (QED) is 0.879. The molecule has 0 radical (unpaired) electrons. The molecule has 0 saturated carbocycles. The van der Waals surface area contributed by atoms with E-state index in [0.29, 0.717) is 12.4 Å². The maximum atomic E-state index is 11.8. The van der Waals surface area contributed by atoms with Crippen molar-refractivity contribution in [3.63, 3.8) is 0 Å². The molecule has 1 unspecified atom stereocenters. The highest BCUT2D eigenvalue weighted by molar-refractivity contribution is 5.89. The van der Waals surface area contributed by atoms with Gasteiger partial charge in [-0.2, -0.15) is 5.10 Å². The summed E-state index contributed by atoms with van der Waals surface area (Å²) < 4.78 is 1.77. The summed E-state index contributed by atoms with van der Waals surface area (Å²) >= 11 is 0. The lowest BCUT2D eigenvalue weighted by atomic mass is 10.3. The Labute approximate surface area is 111 Å². The van der Waals surface area contributed by atoms with Crippen LogP contribution in [0.4, 0.5) is 10.6 Å². The molecule has 2 N–H and O–H groups in total. The molecule has 100 valence electrons. The van der Waals surface area contributed by atoms with Crippen LogP contribution in [0.2, 0.25) is 0 Å². The first-order chi connectivity index (χ1) is 9.15. The van der Waals surface area contributed by atoms with Gasteiger partial charge in [0, 0.05) is 24.6 Å². The van der Waals surface area contributed by atoms with Gasteiger partial charge in [0.25, 0.3) is 0 Å². The highest BCUT2D eigenvalue weighted by atomic mass is 16.2. The Balaban J connectivity index is 1.86. The number of hydrogen-bond acceptors (Lipinski definition) is 3. The molecule has 6 nitrogen and oxygen atoms in total. The van der Waals surface area contributed by atoms with Crippen LogP contribution in [0.1, 0.15) is 12.5 Å².